The van der Waals surface area contributed by atoms with Gasteiger partial charge in [-0.1, -0.05) is 45.0 Å². The summed E-state index contributed by atoms with van der Waals surface area (Å²) in [5.41, 5.74) is 3.54. The molecule has 0 fully saturated rings. The third-order valence-corrected chi connectivity index (χ3v) is 5.84. The van der Waals surface area contributed by atoms with E-state index in [4.69, 9.17) is 0 Å². The number of hydrogen-bond acceptors (Lipinski definition) is 3. The van der Waals surface area contributed by atoms with E-state index >= 15 is 0 Å². The minimum atomic E-state index is -1.13. The van der Waals surface area contributed by atoms with Crippen LogP contribution < -0.4 is 16.0 Å². The third kappa shape index (κ3) is 4.57. The summed E-state index contributed by atoms with van der Waals surface area (Å²) in [4.78, 5) is 26.2. The van der Waals surface area contributed by atoms with Gasteiger partial charge in [0.25, 0.3) is 5.56 Å². The highest BCUT2D eigenvalue weighted by atomic mass is 32.2. The van der Waals surface area contributed by atoms with E-state index in [1.165, 1.54) is 16.8 Å². The summed E-state index contributed by atoms with van der Waals surface area (Å²) < 4.78 is 15.8. The van der Waals surface area contributed by atoms with Gasteiger partial charge in [-0.05, 0) is 63.2 Å². The predicted octanol–water partition coefficient (Wildman–Crippen LogP) is 4.35. The Balaban J connectivity index is 1.86. The molecule has 0 aliphatic carbocycles. The van der Waals surface area contributed by atoms with E-state index in [1.807, 2.05) is 42.5 Å². The van der Waals surface area contributed by atoms with Gasteiger partial charge in [-0.2, -0.15) is 0 Å². The molecule has 1 unspecified atom stereocenters. The first-order valence-corrected chi connectivity index (χ1v) is 11.8. The Morgan fingerprint density at radius 2 is 1.59 bits per heavy atom. The molecule has 2 N–H and O–H groups in total. The average molecular weight is 448 g/mol. The van der Waals surface area contributed by atoms with Crippen molar-refractivity contribution in [2.24, 2.45) is 0 Å². The van der Waals surface area contributed by atoms with E-state index in [9.17, 15) is 13.8 Å². The van der Waals surface area contributed by atoms with Gasteiger partial charge in [-0.3, -0.25) is 14.3 Å². The van der Waals surface area contributed by atoms with Crippen molar-refractivity contribution in [2.75, 3.05) is 11.0 Å². The number of anilines is 1. The molecule has 0 aliphatic heterocycles. The van der Waals surface area contributed by atoms with Crippen molar-refractivity contribution in [3.05, 3.63) is 93.3 Å². The molecule has 0 radical (unpaired) electrons. The molecule has 0 spiro atoms. The van der Waals surface area contributed by atoms with Gasteiger partial charge in [0.05, 0.1) is 5.69 Å². The zero-order chi connectivity index (χ0) is 23.0. The van der Waals surface area contributed by atoms with Gasteiger partial charge in [-0.15, -0.1) is 0 Å². The molecule has 0 amide bonds. The van der Waals surface area contributed by atoms with Gasteiger partial charge in [0.1, 0.15) is 11.0 Å². The number of hydrogen-bond donors (Lipinski definition) is 2. The maximum absolute atomic E-state index is 12.4. The Hall–Kier alpha value is -3.45. The van der Waals surface area contributed by atoms with Gasteiger partial charge in [0.15, 0.2) is 0 Å². The van der Waals surface area contributed by atoms with Crippen LogP contribution in [0.5, 0.6) is 0 Å². The molecule has 0 saturated heterocycles. The molecule has 1 heterocycles. The highest BCUT2D eigenvalue weighted by Crippen LogP contribution is 2.32. The van der Waals surface area contributed by atoms with Crippen LogP contribution in [0.4, 0.5) is 5.69 Å². The van der Waals surface area contributed by atoms with E-state index < -0.39 is 22.2 Å². The summed E-state index contributed by atoms with van der Waals surface area (Å²) in [7, 11) is -1.13. The van der Waals surface area contributed by atoms with Gasteiger partial charge in [0.2, 0.25) is 0 Å². The third-order valence-electron chi connectivity index (χ3n) is 5.32. The molecule has 7 heteroatoms. The summed E-state index contributed by atoms with van der Waals surface area (Å²) in [6.45, 7) is 6.37. The fourth-order valence-electron chi connectivity index (χ4n) is 3.63. The Kier molecular flexibility index (Phi) is 5.60. The lowest BCUT2D eigenvalue weighted by Gasteiger charge is -2.22. The Bertz CT molecular complexity index is 1460. The molecule has 0 saturated carbocycles. The van der Waals surface area contributed by atoms with Crippen molar-refractivity contribution in [2.45, 2.75) is 26.2 Å². The predicted molar refractivity (Wildman–Crippen MR) is 132 cm³/mol. The van der Waals surface area contributed by atoms with Gasteiger partial charge in [-0.25, -0.2) is 9.00 Å². The smallest absolute Gasteiger partial charge is 0.305 e. The zero-order valence-electron chi connectivity index (χ0n) is 18.4. The highest BCUT2D eigenvalue weighted by molar-refractivity contribution is 7.85. The summed E-state index contributed by atoms with van der Waals surface area (Å²) >= 11 is 0. The van der Waals surface area contributed by atoms with Gasteiger partial charge in [0, 0.05) is 24.2 Å². The molecule has 164 valence electrons. The van der Waals surface area contributed by atoms with Crippen molar-refractivity contribution in [1.29, 1.82) is 0 Å². The lowest BCUT2D eigenvalue weighted by molar-refractivity contribution is 0.590. The van der Waals surface area contributed by atoms with E-state index in [2.05, 4.69) is 42.6 Å². The van der Waals surface area contributed by atoms with Crippen molar-refractivity contribution in [3.63, 3.8) is 0 Å². The molecular weight excluding hydrogens is 422 g/mol. The Morgan fingerprint density at radius 3 is 2.28 bits per heavy atom. The maximum atomic E-state index is 12.4. The molecule has 0 aliphatic rings. The number of H-pyrrole nitrogens is 1. The van der Waals surface area contributed by atoms with Crippen LogP contribution >= 0.6 is 0 Å². The fraction of sp³-hybridized carbons (Fsp3) is 0.200. The lowest BCUT2D eigenvalue weighted by Crippen LogP contribution is -2.27. The SMILES string of the molecule is CS(=O)Nc1ccc2cc(-c3cc(-n4ccc(=O)[nH]c4=O)cc(C(C)(C)C)c3)ccc2c1. The largest absolute Gasteiger partial charge is 0.332 e. The number of nitrogens with zero attached hydrogens (tertiary/aromatic N) is 1. The molecule has 4 rings (SSSR count). The van der Waals surface area contributed by atoms with Crippen molar-refractivity contribution in [3.8, 4) is 16.8 Å². The second-order valence-corrected chi connectivity index (χ2v) is 9.94. The standard InChI is InChI=1S/C25H25N3O3S/c1-25(2,3)20-12-19(14-22(15-20)28-10-9-23(29)26-24(28)30)17-5-6-18-13-21(27-32(4)31)8-7-16(18)11-17/h5-15,27H,1-4H3,(H,26,29,30). The molecule has 6 nitrogen and oxygen atoms in total. The molecule has 3 aromatic carbocycles. The first-order valence-electron chi connectivity index (χ1n) is 10.2. The number of rotatable bonds is 4. The average Bonchev–Trinajstić information content (AvgIpc) is 2.72. The van der Waals surface area contributed by atoms with Crippen molar-refractivity contribution in [1.82, 2.24) is 9.55 Å². The first-order chi connectivity index (χ1) is 15.1. The normalized spacial score (nSPS) is 12.6. The Morgan fingerprint density at radius 1 is 0.875 bits per heavy atom. The molecule has 1 aromatic heterocycles. The summed E-state index contributed by atoms with van der Waals surface area (Å²) in [5, 5.41) is 2.09. The quantitative estimate of drug-likeness (QED) is 0.488. The Labute approximate surface area is 188 Å². The number of fused-ring (bicyclic) bond motifs is 1. The molecule has 0 bridgehead atoms. The van der Waals surface area contributed by atoms with Crippen LogP contribution in [0, 0.1) is 0 Å². The summed E-state index contributed by atoms with van der Waals surface area (Å²) in [6, 6.07) is 19.5. The summed E-state index contributed by atoms with van der Waals surface area (Å²) in [6.07, 6.45) is 3.10. The highest BCUT2D eigenvalue weighted by Gasteiger charge is 2.17. The number of aromatic amines is 1. The number of nitrogens with one attached hydrogen (secondary N) is 2. The van der Waals surface area contributed by atoms with Crippen LogP contribution in [-0.2, 0) is 16.4 Å². The minimum Gasteiger partial charge on any atom is -0.305 e. The van der Waals surface area contributed by atoms with Crippen molar-refractivity contribution >= 4 is 27.4 Å². The van der Waals surface area contributed by atoms with Crippen LogP contribution in [0.3, 0.4) is 0 Å². The van der Waals surface area contributed by atoms with E-state index in [-0.39, 0.29) is 5.41 Å². The zero-order valence-corrected chi connectivity index (χ0v) is 19.2. The van der Waals surface area contributed by atoms with Gasteiger partial charge < -0.3 is 4.72 Å². The van der Waals surface area contributed by atoms with E-state index in [0.29, 0.717) is 5.69 Å². The molecule has 4 aromatic rings. The van der Waals surface area contributed by atoms with Crippen LogP contribution in [0.1, 0.15) is 26.3 Å². The number of benzene rings is 3. The van der Waals surface area contributed by atoms with Crippen LogP contribution in [0.15, 0.2) is 76.4 Å². The van der Waals surface area contributed by atoms with E-state index in [0.717, 1.165) is 33.2 Å². The van der Waals surface area contributed by atoms with E-state index in [1.54, 1.807) is 6.26 Å². The summed E-state index contributed by atoms with van der Waals surface area (Å²) in [5.74, 6) is 0. The first kappa shape index (κ1) is 21.8. The monoisotopic (exact) mass is 447 g/mol. The molecule has 32 heavy (non-hydrogen) atoms. The number of aromatic nitrogens is 2. The second-order valence-electron chi connectivity index (χ2n) is 8.83. The fourth-order valence-corrected chi connectivity index (χ4v) is 4.08. The molecular formula is C25H25N3O3S. The van der Waals surface area contributed by atoms with Crippen LogP contribution in [0.25, 0.3) is 27.6 Å². The minimum absolute atomic E-state index is 0.135. The van der Waals surface area contributed by atoms with Crippen molar-refractivity contribution < 1.29 is 4.21 Å². The van der Waals surface area contributed by atoms with Gasteiger partial charge >= 0.3 is 5.69 Å². The molecule has 1 atom stereocenters. The lowest BCUT2D eigenvalue weighted by atomic mass is 9.84. The second kappa shape index (κ2) is 8.24. The topological polar surface area (TPSA) is 84.0 Å². The van der Waals surface area contributed by atoms with Crippen LogP contribution in [-0.4, -0.2) is 20.0 Å². The van der Waals surface area contributed by atoms with Crippen LogP contribution in [0.2, 0.25) is 0 Å². The maximum Gasteiger partial charge on any atom is 0.332 e.